The summed E-state index contributed by atoms with van der Waals surface area (Å²) in [4.78, 5) is 0. The van der Waals surface area contributed by atoms with Crippen LogP contribution in [0.15, 0.2) is 60.0 Å². The van der Waals surface area contributed by atoms with Crippen LogP contribution in [0.5, 0.6) is 5.75 Å². The predicted octanol–water partition coefficient (Wildman–Crippen LogP) is 4.53. The van der Waals surface area contributed by atoms with Crippen LogP contribution >= 0.6 is 11.8 Å². The molecule has 0 amide bonds. The summed E-state index contributed by atoms with van der Waals surface area (Å²) in [5.74, 6) is 1.73. The van der Waals surface area contributed by atoms with Gasteiger partial charge in [0.1, 0.15) is 5.75 Å². The van der Waals surface area contributed by atoms with E-state index >= 15 is 0 Å². The Bertz CT molecular complexity index is 675. The molecule has 0 aliphatic carbocycles. The van der Waals surface area contributed by atoms with Gasteiger partial charge in [-0.3, -0.25) is 0 Å². The van der Waals surface area contributed by atoms with Gasteiger partial charge in [-0.25, -0.2) is 0 Å². The van der Waals surface area contributed by atoms with Crippen LogP contribution in [0.2, 0.25) is 0 Å². The molecule has 23 heavy (non-hydrogen) atoms. The van der Waals surface area contributed by atoms with Gasteiger partial charge >= 0.3 is 0 Å². The van der Waals surface area contributed by atoms with E-state index in [2.05, 4.69) is 6.07 Å². The number of thioether (sulfide) groups is 1. The minimum Gasteiger partial charge on any atom is -0.497 e. The summed E-state index contributed by atoms with van der Waals surface area (Å²) in [5, 5.41) is 10.8. The number of hydrogen-bond donors (Lipinski definition) is 0. The highest BCUT2D eigenvalue weighted by atomic mass is 32.2. The van der Waals surface area contributed by atoms with Crippen LogP contribution in [0.1, 0.15) is 16.7 Å². The first-order valence-corrected chi connectivity index (χ1v) is 8.33. The maximum absolute atomic E-state index is 8.75. The van der Waals surface area contributed by atoms with Gasteiger partial charge < -0.3 is 9.47 Å². The number of rotatable bonds is 8. The molecule has 0 aliphatic heterocycles. The third-order valence-electron chi connectivity index (χ3n) is 3.14. The Kier molecular flexibility index (Phi) is 7.25. The Labute approximate surface area is 141 Å². The van der Waals surface area contributed by atoms with Gasteiger partial charge in [-0.05, 0) is 40.8 Å². The Hall–Kier alpha value is -2.22. The Morgan fingerprint density at radius 3 is 2.70 bits per heavy atom. The van der Waals surface area contributed by atoms with Crippen molar-refractivity contribution in [3.63, 3.8) is 0 Å². The summed E-state index contributed by atoms with van der Waals surface area (Å²) < 4.78 is 10.8. The molecule has 3 nitrogen and oxygen atoms in total. The molecule has 0 aliphatic rings. The summed E-state index contributed by atoms with van der Waals surface area (Å²) in [5.41, 5.74) is 3.00. The maximum atomic E-state index is 8.75. The number of hydrogen-bond acceptors (Lipinski definition) is 4. The van der Waals surface area contributed by atoms with Gasteiger partial charge in [-0.15, -0.1) is 11.8 Å². The summed E-state index contributed by atoms with van der Waals surface area (Å²) in [6.45, 7) is 1.15. The second kappa shape index (κ2) is 9.73. The van der Waals surface area contributed by atoms with Crippen LogP contribution in [-0.4, -0.2) is 13.7 Å². The standard InChI is InChI=1S/C19H19NO2S/c1-21-19-5-2-4-18(12-19)14-22-10-3-11-23-15-17-8-6-16(13-20)7-9-17/h2-9,11-12H,10,14-15H2,1H3/b11-3-. The smallest absolute Gasteiger partial charge is 0.119 e. The lowest BCUT2D eigenvalue weighted by Gasteiger charge is -2.04. The summed E-state index contributed by atoms with van der Waals surface area (Å²) in [6.07, 6.45) is 2.01. The predicted molar refractivity (Wildman–Crippen MR) is 94.2 cm³/mol. The van der Waals surface area contributed by atoms with Crippen LogP contribution in [0.3, 0.4) is 0 Å². The molecule has 2 aromatic rings. The van der Waals surface area contributed by atoms with E-state index in [4.69, 9.17) is 14.7 Å². The van der Waals surface area contributed by atoms with Gasteiger partial charge in [0.05, 0.1) is 32.0 Å². The van der Waals surface area contributed by atoms with Gasteiger partial charge in [0, 0.05) is 5.75 Å². The van der Waals surface area contributed by atoms with Crippen molar-refractivity contribution in [2.24, 2.45) is 0 Å². The normalized spacial score (nSPS) is 10.6. The first-order chi connectivity index (χ1) is 11.3. The molecule has 0 saturated heterocycles. The van der Waals surface area contributed by atoms with Crippen molar-refractivity contribution in [1.29, 1.82) is 5.26 Å². The Balaban J connectivity index is 1.64. The fraction of sp³-hybridized carbons (Fsp3) is 0.211. The monoisotopic (exact) mass is 325 g/mol. The highest BCUT2D eigenvalue weighted by Gasteiger charge is 1.95. The lowest BCUT2D eigenvalue weighted by atomic mass is 10.2. The SMILES string of the molecule is COc1cccc(COC/C=C\SCc2ccc(C#N)cc2)c1. The van der Waals surface area contributed by atoms with Gasteiger partial charge in [0.25, 0.3) is 0 Å². The lowest BCUT2D eigenvalue weighted by Crippen LogP contribution is -1.93. The molecule has 0 radical (unpaired) electrons. The molecular weight excluding hydrogens is 306 g/mol. The summed E-state index contributed by atoms with van der Waals surface area (Å²) in [6, 6.07) is 17.7. The van der Waals surface area contributed by atoms with Gasteiger partial charge in [-0.1, -0.05) is 30.3 Å². The number of methoxy groups -OCH3 is 1. The second-order valence-corrected chi connectivity index (χ2v) is 5.75. The average Bonchev–Trinajstić information content (AvgIpc) is 2.61. The van der Waals surface area contributed by atoms with Crippen molar-refractivity contribution in [3.05, 3.63) is 76.7 Å². The first-order valence-electron chi connectivity index (χ1n) is 7.28. The molecular formula is C19H19NO2S. The second-order valence-electron chi connectivity index (χ2n) is 4.86. The molecule has 0 heterocycles. The lowest BCUT2D eigenvalue weighted by molar-refractivity contribution is 0.148. The molecule has 2 aromatic carbocycles. The molecule has 0 atom stereocenters. The molecule has 118 valence electrons. The van der Waals surface area contributed by atoms with Crippen molar-refractivity contribution in [1.82, 2.24) is 0 Å². The Morgan fingerprint density at radius 2 is 1.96 bits per heavy atom. The first kappa shape index (κ1) is 17.1. The molecule has 0 spiro atoms. The van der Waals surface area contributed by atoms with Gasteiger partial charge in [0.2, 0.25) is 0 Å². The topological polar surface area (TPSA) is 42.2 Å². The fourth-order valence-electron chi connectivity index (χ4n) is 1.93. The molecule has 0 N–H and O–H groups in total. The van der Waals surface area contributed by atoms with Crippen molar-refractivity contribution in [3.8, 4) is 11.8 Å². The quantitative estimate of drug-likeness (QED) is 0.669. The van der Waals surface area contributed by atoms with Crippen molar-refractivity contribution < 1.29 is 9.47 Å². The third-order valence-corrected chi connectivity index (χ3v) is 4.03. The molecule has 0 fully saturated rings. The third kappa shape index (κ3) is 6.19. The molecule has 0 aromatic heterocycles. The number of ether oxygens (including phenoxy) is 2. The van der Waals surface area contributed by atoms with Crippen LogP contribution < -0.4 is 4.74 Å². The largest absolute Gasteiger partial charge is 0.497 e. The minimum absolute atomic E-state index is 0.571. The van der Waals surface area contributed by atoms with Crippen LogP contribution in [0.25, 0.3) is 0 Å². The van der Waals surface area contributed by atoms with Crippen LogP contribution in [0, 0.1) is 11.3 Å². The minimum atomic E-state index is 0.571. The highest BCUT2D eigenvalue weighted by Crippen LogP contribution is 2.15. The average molecular weight is 325 g/mol. The van der Waals surface area contributed by atoms with E-state index < -0.39 is 0 Å². The van der Waals surface area contributed by atoms with E-state index in [0.29, 0.717) is 18.8 Å². The van der Waals surface area contributed by atoms with Gasteiger partial charge in [0.15, 0.2) is 0 Å². The van der Waals surface area contributed by atoms with Crippen molar-refractivity contribution >= 4 is 11.8 Å². The van der Waals surface area contributed by atoms with E-state index in [1.54, 1.807) is 18.9 Å². The highest BCUT2D eigenvalue weighted by molar-refractivity contribution is 8.01. The number of nitriles is 1. The fourth-order valence-corrected chi connectivity index (χ4v) is 2.63. The van der Waals surface area contributed by atoms with Crippen molar-refractivity contribution in [2.45, 2.75) is 12.4 Å². The van der Waals surface area contributed by atoms with E-state index in [1.807, 2.05) is 60.0 Å². The van der Waals surface area contributed by atoms with Crippen LogP contribution in [0.4, 0.5) is 0 Å². The van der Waals surface area contributed by atoms with E-state index in [9.17, 15) is 0 Å². The summed E-state index contributed by atoms with van der Waals surface area (Å²) >= 11 is 1.71. The van der Waals surface area contributed by atoms with Gasteiger partial charge in [-0.2, -0.15) is 5.26 Å². The zero-order chi connectivity index (χ0) is 16.3. The molecule has 0 bridgehead atoms. The van der Waals surface area contributed by atoms with E-state index in [0.717, 1.165) is 17.1 Å². The zero-order valence-electron chi connectivity index (χ0n) is 13.1. The van der Waals surface area contributed by atoms with Crippen molar-refractivity contribution in [2.75, 3.05) is 13.7 Å². The Morgan fingerprint density at radius 1 is 1.13 bits per heavy atom. The molecule has 0 saturated carbocycles. The summed E-state index contributed by atoms with van der Waals surface area (Å²) in [7, 11) is 1.66. The molecule has 4 heteroatoms. The van der Waals surface area contributed by atoms with E-state index in [-0.39, 0.29) is 0 Å². The van der Waals surface area contributed by atoms with E-state index in [1.165, 1.54) is 5.56 Å². The molecule has 0 unspecified atom stereocenters. The zero-order valence-corrected chi connectivity index (χ0v) is 13.9. The number of benzene rings is 2. The number of nitrogens with zero attached hydrogens (tertiary/aromatic N) is 1. The maximum Gasteiger partial charge on any atom is 0.119 e. The molecule has 2 rings (SSSR count). The van der Waals surface area contributed by atoms with Crippen LogP contribution in [-0.2, 0) is 17.1 Å².